The van der Waals surface area contributed by atoms with E-state index in [-0.39, 0.29) is 11.5 Å². The number of aromatic nitrogens is 1. The number of hydrogen-bond donors (Lipinski definition) is 1. The summed E-state index contributed by atoms with van der Waals surface area (Å²) in [6, 6.07) is 14.3. The molecular formula is C16H12NO3S-. The zero-order valence-corrected chi connectivity index (χ0v) is 11.8. The molecule has 1 atom stereocenters. The average molecular weight is 298 g/mol. The Morgan fingerprint density at radius 3 is 2.71 bits per heavy atom. The molecule has 4 nitrogen and oxygen atoms in total. The van der Waals surface area contributed by atoms with E-state index in [2.05, 4.69) is 4.98 Å². The largest absolute Gasteiger partial charge is 0.772 e. The van der Waals surface area contributed by atoms with Crippen LogP contribution in [0.5, 0.6) is 5.75 Å². The summed E-state index contributed by atoms with van der Waals surface area (Å²) in [5, 5.41) is 10.5. The molecule has 3 aromatic rings. The van der Waals surface area contributed by atoms with Crippen LogP contribution in [0.1, 0.15) is 5.56 Å². The van der Waals surface area contributed by atoms with Crippen LogP contribution in [0.3, 0.4) is 0 Å². The van der Waals surface area contributed by atoms with E-state index in [0.717, 1.165) is 16.5 Å². The van der Waals surface area contributed by atoms with Gasteiger partial charge in [-0.3, -0.25) is 9.19 Å². The fourth-order valence-corrected chi connectivity index (χ4v) is 2.89. The predicted octanol–water partition coefficient (Wildman–Crippen LogP) is 2.99. The van der Waals surface area contributed by atoms with Gasteiger partial charge in [-0.25, -0.2) is 0 Å². The van der Waals surface area contributed by atoms with Crippen LogP contribution in [0.15, 0.2) is 54.7 Å². The molecule has 0 saturated heterocycles. The van der Waals surface area contributed by atoms with E-state index in [1.54, 1.807) is 30.5 Å². The summed E-state index contributed by atoms with van der Waals surface area (Å²) in [7, 11) is 0. The lowest BCUT2D eigenvalue weighted by molar-refractivity contribution is 0.475. The van der Waals surface area contributed by atoms with Crippen LogP contribution in [0.4, 0.5) is 0 Å². The number of nitrogens with zero attached hydrogens (tertiary/aromatic N) is 1. The number of para-hydroxylation sites is 1. The Morgan fingerprint density at radius 2 is 1.95 bits per heavy atom. The number of phenolic OH excluding ortho intramolecular Hbond substituents is 1. The molecule has 0 saturated carbocycles. The molecule has 0 aliphatic heterocycles. The van der Waals surface area contributed by atoms with Gasteiger partial charge < -0.3 is 9.66 Å². The van der Waals surface area contributed by atoms with Crippen LogP contribution in [-0.4, -0.2) is 18.9 Å². The van der Waals surface area contributed by atoms with Gasteiger partial charge in [-0.1, -0.05) is 41.4 Å². The number of benzene rings is 2. The van der Waals surface area contributed by atoms with Gasteiger partial charge in [0.05, 0.1) is 5.52 Å². The van der Waals surface area contributed by atoms with Gasteiger partial charge in [0.15, 0.2) is 0 Å². The van der Waals surface area contributed by atoms with Crippen molar-refractivity contribution >= 4 is 22.0 Å². The maximum Gasteiger partial charge on any atom is 0.116 e. The molecule has 5 heteroatoms. The van der Waals surface area contributed by atoms with Crippen molar-refractivity contribution in [1.29, 1.82) is 0 Å². The molecule has 3 rings (SSSR count). The van der Waals surface area contributed by atoms with E-state index in [4.69, 9.17) is 0 Å². The van der Waals surface area contributed by atoms with Gasteiger partial charge in [0.25, 0.3) is 0 Å². The van der Waals surface area contributed by atoms with Gasteiger partial charge in [0.2, 0.25) is 0 Å². The van der Waals surface area contributed by atoms with Crippen molar-refractivity contribution in [2.24, 2.45) is 0 Å². The summed E-state index contributed by atoms with van der Waals surface area (Å²) >= 11 is -2.16. The van der Waals surface area contributed by atoms with Crippen LogP contribution >= 0.6 is 0 Å². The molecule has 21 heavy (non-hydrogen) atoms. The number of aromatic hydroxyl groups is 1. The van der Waals surface area contributed by atoms with E-state index in [1.165, 1.54) is 0 Å². The fraction of sp³-hybridized carbons (Fsp3) is 0.0625. The standard InChI is InChI=1S/C16H13NO3S/c18-13-5-1-3-11(9-13)14-7-8-17-16-12(10-21(19)20)4-2-6-15(14)16/h1-9,18H,10H2,(H,19,20)/p-1. The summed E-state index contributed by atoms with van der Waals surface area (Å²) < 4.78 is 21.9. The minimum Gasteiger partial charge on any atom is -0.772 e. The van der Waals surface area contributed by atoms with E-state index < -0.39 is 11.1 Å². The van der Waals surface area contributed by atoms with Crippen molar-refractivity contribution in [3.63, 3.8) is 0 Å². The third-order valence-electron chi connectivity index (χ3n) is 3.29. The lowest BCUT2D eigenvalue weighted by Gasteiger charge is -2.11. The molecule has 0 radical (unpaired) electrons. The third kappa shape index (κ3) is 2.79. The Kier molecular flexibility index (Phi) is 3.68. The maximum atomic E-state index is 11.0. The third-order valence-corrected chi connectivity index (χ3v) is 3.83. The molecule has 0 bridgehead atoms. The van der Waals surface area contributed by atoms with Crippen molar-refractivity contribution < 1.29 is 13.9 Å². The van der Waals surface area contributed by atoms with E-state index in [0.29, 0.717) is 11.1 Å². The fourth-order valence-electron chi connectivity index (χ4n) is 2.41. The molecule has 0 fully saturated rings. The average Bonchev–Trinajstić information content (AvgIpc) is 2.46. The molecule has 1 heterocycles. The molecule has 0 amide bonds. The molecular weight excluding hydrogens is 286 g/mol. The Bertz CT molecular complexity index is 833. The number of hydrogen-bond acceptors (Lipinski definition) is 4. The van der Waals surface area contributed by atoms with E-state index >= 15 is 0 Å². The Morgan fingerprint density at radius 1 is 1.14 bits per heavy atom. The van der Waals surface area contributed by atoms with Gasteiger partial charge >= 0.3 is 0 Å². The smallest absolute Gasteiger partial charge is 0.116 e. The normalized spacial score (nSPS) is 12.4. The monoisotopic (exact) mass is 298 g/mol. The Hall–Kier alpha value is -2.24. The van der Waals surface area contributed by atoms with Gasteiger partial charge in [-0.05, 0) is 34.9 Å². The summed E-state index contributed by atoms with van der Waals surface area (Å²) in [4.78, 5) is 4.31. The lowest BCUT2D eigenvalue weighted by Crippen LogP contribution is -1.96. The van der Waals surface area contributed by atoms with Crippen LogP contribution in [-0.2, 0) is 16.8 Å². The Labute approximate surface area is 124 Å². The molecule has 2 aromatic carbocycles. The number of rotatable bonds is 3. The number of phenols is 1. The lowest BCUT2D eigenvalue weighted by atomic mass is 9.99. The minimum absolute atomic E-state index is 0.0617. The second-order valence-corrected chi connectivity index (χ2v) is 5.57. The van der Waals surface area contributed by atoms with Crippen LogP contribution < -0.4 is 0 Å². The zero-order chi connectivity index (χ0) is 14.8. The number of fused-ring (bicyclic) bond motifs is 1. The predicted molar refractivity (Wildman–Crippen MR) is 81.5 cm³/mol. The first-order chi connectivity index (χ1) is 10.1. The van der Waals surface area contributed by atoms with Crippen molar-refractivity contribution in [1.82, 2.24) is 4.98 Å². The molecule has 0 aliphatic rings. The first kappa shape index (κ1) is 13.7. The van der Waals surface area contributed by atoms with Crippen LogP contribution in [0.2, 0.25) is 0 Å². The highest BCUT2D eigenvalue weighted by Gasteiger charge is 2.08. The molecule has 0 aliphatic carbocycles. The minimum atomic E-state index is -2.16. The highest BCUT2D eigenvalue weighted by molar-refractivity contribution is 7.78. The zero-order valence-electron chi connectivity index (χ0n) is 11.0. The highest BCUT2D eigenvalue weighted by atomic mass is 32.2. The van der Waals surface area contributed by atoms with Gasteiger partial charge in [0, 0.05) is 17.3 Å². The van der Waals surface area contributed by atoms with E-state index in [1.807, 2.05) is 24.3 Å². The van der Waals surface area contributed by atoms with Crippen molar-refractivity contribution in [2.45, 2.75) is 5.75 Å². The van der Waals surface area contributed by atoms with Crippen molar-refractivity contribution in [2.75, 3.05) is 0 Å². The summed E-state index contributed by atoms with van der Waals surface area (Å²) in [5.41, 5.74) is 3.11. The van der Waals surface area contributed by atoms with Gasteiger partial charge in [0.1, 0.15) is 5.75 Å². The molecule has 1 aromatic heterocycles. The summed E-state index contributed by atoms with van der Waals surface area (Å²) in [6.45, 7) is 0. The second kappa shape index (κ2) is 5.63. The van der Waals surface area contributed by atoms with Crippen LogP contribution in [0, 0.1) is 0 Å². The van der Waals surface area contributed by atoms with Crippen molar-refractivity contribution in [3.8, 4) is 16.9 Å². The summed E-state index contributed by atoms with van der Waals surface area (Å²) in [5.74, 6) is 0.127. The summed E-state index contributed by atoms with van der Waals surface area (Å²) in [6.07, 6.45) is 1.65. The second-order valence-electron chi connectivity index (χ2n) is 4.67. The van der Waals surface area contributed by atoms with Gasteiger partial charge in [-0.15, -0.1) is 0 Å². The number of pyridine rings is 1. The van der Waals surface area contributed by atoms with E-state index in [9.17, 15) is 13.9 Å². The molecule has 106 valence electrons. The molecule has 1 N–H and O–H groups in total. The maximum absolute atomic E-state index is 11.0. The van der Waals surface area contributed by atoms with Gasteiger partial charge in [-0.2, -0.15) is 0 Å². The molecule has 0 spiro atoms. The van der Waals surface area contributed by atoms with Crippen molar-refractivity contribution in [3.05, 3.63) is 60.3 Å². The highest BCUT2D eigenvalue weighted by Crippen LogP contribution is 2.30. The first-order valence-electron chi connectivity index (χ1n) is 6.37. The quantitative estimate of drug-likeness (QED) is 0.754. The first-order valence-corrected chi connectivity index (χ1v) is 7.61. The topological polar surface area (TPSA) is 73.2 Å². The SMILES string of the molecule is O=S([O-])Cc1cccc2c(-c3cccc(O)c3)ccnc12. The Balaban J connectivity index is 2.23. The molecule has 1 unspecified atom stereocenters. The van der Waals surface area contributed by atoms with Crippen LogP contribution in [0.25, 0.3) is 22.0 Å².